The molecule has 0 heterocycles. The molecule has 0 bridgehead atoms. The third kappa shape index (κ3) is 6.44. The van der Waals surface area contributed by atoms with Crippen LogP contribution in [-0.2, 0) is 13.6 Å². The van der Waals surface area contributed by atoms with Gasteiger partial charge in [0.05, 0.1) is 6.61 Å². The molecule has 1 aromatic rings. The van der Waals surface area contributed by atoms with Gasteiger partial charge in [-0.2, -0.15) is 0 Å². The zero-order valence-corrected chi connectivity index (χ0v) is 15.3. The van der Waals surface area contributed by atoms with Crippen LogP contribution < -0.4 is 5.19 Å². The average molecular weight is 323 g/mol. The predicted molar refractivity (Wildman–Crippen MR) is 94.8 cm³/mol. The highest BCUT2D eigenvalue weighted by molar-refractivity contribution is 6.81. The molecular weight excluding hydrogens is 292 g/mol. The van der Waals surface area contributed by atoms with Crippen LogP contribution in [0, 0.1) is 0 Å². The number of hydrogen-bond acceptors (Lipinski definition) is 3. The standard InChI is InChI=1S/C18H30O3Si/c1-5-20-22(21-6-2,18-12-8-7-9-13-18)15-11-10-14-19-16-17(3)4/h7-9,12-13H,3,5-6,10-11,14-16H2,1-2,4H3. The van der Waals surface area contributed by atoms with Gasteiger partial charge in [0.25, 0.3) is 0 Å². The van der Waals surface area contributed by atoms with Crippen LogP contribution in [0.25, 0.3) is 0 Å². The first kappa shape index (κ1) is 19.1. The number of hydrogen-bond donors (Lipinski definition) is 0. The van der Waals surface area contributed by atoms with Gasteiger partial charge in [-0.25, -0.2) is 0 Å². The van der Waals surface area contributed by atoms with Crippen molar-refractivity contribution in [3.05, 3.63) is 42.5 Å². The van der Waals surface area contributed by atoms with Crippen molar-refractivity contribution in [2.75, 3.05) is 26.4 Å². The molecule has 0 aromatic heterocycles. The van der Waals surface area contributed by atoms with Crippen LogP contribution in [0.15, 0.2) is 42.5 Å². The van der Waals surface area contributed by atoms with Gasteiger partial charge in [0, 0.05) is 19.8 Å². The van der Waals surface area contributed by atoms with Crippen LogP contribution in [0.5, 0.6) is 0 Å². The summed E-state index contributed by atoms with van der Waals surface area (Å²) in [6, 6.07) is 11.4. The van der Waals surface area contributed by atoms with E-state index in [0.717, 1.165) is 31.1 Å². The Morgan fingerprint density at radius 3 is 2.23 bits per heavy atom. The van der Waals surface area contributed by atoms with Crippen molar-refractivity contribution in [2.24, 2.45) is 0 Å². The molecule has 3 nitrogen and oxygen atoms in total. The SMILES string of the molecule is C=C(C)COCCCC[Si](OCC)(OCC)c1ccccc1. The number of ether oxygens (including phenoxy) is 1. The van der Waals surface area contributed by atoms with Crippen molar-refractivity contribution >= 4 is 13.7 Å². The van der Waals surface area contributed by atoms with E-state index in [2.05, 4.69) is 30.8 Å². The van der Waals surface area contributed by atoms with Crippen molar-refractivity contribution in [3.63, 3.8) is 0 Å². The Balaban J connectivity index is 2.60. The van der Waals surface area contributed by atoms with Gasteiger partial charge in [-0.1, -0.05) is 42.5 Å². The van der Waals surface area contributed by atoms with E-state index < -0.39 is 8.56 Å². The maximum Gasteiger partial charge on any atom is 0.372 e. The second kappa shape index (κ2) is 10.7. The van der Waals surface area contributed by atoms with Crippen molar-refractivity contribution in [3.8, 4) is 0 Å². The van der Waals surface area contributed by atoms with E-state index in [4.69, 9.17) is 13.6 Å². The molecule has 0 amide bonds. The first-order chi connectivity index (χ1) is 10.6. The van der Waals surface area contributed by atoms with Crippen molar-refractivity contribution in [1.29, 1.82) is 0 Å². The summed E-state index contributed by atoms with van der Waals surface area (Å²) in [5, 5.41) is 1.22. The molecule has 1 aromatic carbocycles. The zero-order chi connectivity index (χ0) is 16.3. The first-order valence-corrected chi connectivity index (χ1v) is 10.2. The van der Waals surface area contributed by atoms with Crippen LogP contribution >= 0.6 is 0 Å². The normalized spacial score (nSPS) is 11.6. The molecular formula is C18H30O3Si. The Labute approximate surface area is 136 Å². The number of rotatable bonds is 12. The van der Waals surface area contributed by atoms with Crippen LogP contribution in [0.1, 0.15) is 33.6 Å². The monoisotopic (exact) mass is 322 g/mol. The average Bonchev–Trinajstić information content (AvgIpc) is 2.51. The maximum atomic E-state index is 6.16. The molecule has 0 saturated carbocycles. The lowest BCUT2D eigenvalue weighted by Gasteiger charge is -2.30. The van der Waals surface area contributed by atoms with E-state index >= 15 is 0 Å². The Morgan fingerprint density at radius 1 is 1.05 bits per heavy atom. The molecule has 0 N–H and O–H groups in total. The molecule has 0 aliphatic rings. The molecule has 0 atom stereocenters. The Kier molecular flexibility index (Phi) is 9.32. The lowest BCUT2D eigenvalue weighted by atomic mass is 10.3. The van der Waals surface area contributed by atoms with Gasteiger partial charge < -0.3 is 13.6 Å². The van der Waals surface area contributed by atoms with Gasteiger partial charge >= 0.3 is 8.56 Å². The molecule has 0 spiro atoms. The van der Waals surface area contributed by atoms with E-state index in [0.29, 0.717) is 19.8 Å². The third-order valence-corrected chi connectivity index (χ3v) is 7.10. The molecule has 0 radical (unpaired) electrons. The Morgan fingerprint density at radius 2 is 1.68 bits per heavy atom. The van der Waals surface area contributed by atoms with Gasteiger partial charge in [0.2, 0.25) is 0 Å². The predicted octanol–water partition coefficient (Wildman–Crippen LogP) is 3.78. The molecule has 1 rings (SSSR count). The van der Waals surface area contributed by atoms with Crippen molar-refractivity contribution in [2.45, 2.75) is 39.7 Å². The number of benzene rings is 1. The van der Waals surface area contributed by atoms with E-state index in [1.54, 1.807) is 0 Å². The quantitative estimate of drug-likeness (QED) is 0.333. The van der Waals surface area contributed by atoms with Gasteiger partial charge in [0.1, 0.15) is 0 Å². The summed E-state index contributed by atoms with van der Waals surface area (Å²) in [4.78, 5) is 0. The van der Waals surface area contributed by atoms with E-state index in [9.17, 15) is 0 Å². The molecule has 0 aliphatic heterocycles. The summed E-state index contributed by atoms with van der Waals surface area (Å²) in [5.41, 5.74) is 1.07. The third-order valence-electron chi connectivity index (χ3n) is 3.36. The molecule has 0 fully saturated rings. The molecule has 4 heteroatoms. The summed E-state index contributed by atoms with van der Waals surface area (Å²) in [7, 11) is -2.33. The summed E-state index contributed by atoms with van der Waals surface area (Å²) < 4.78 is 17.9. The smallest absolute Gasteiger partial charge is 0.372 e. The fourth-order valence-electron chi connectivity index (χ4n) is 2.46. The summed E-state index contributed by atoms with van der Waals surface area (Å²) in [5.74, 6) is 0. The van der Waals surface area contributed by atoms with Gasteiger partial charge in [-0.3, -0.25) is 0 Å². The van der Waals surface area contributed by atoms with Crippen LogP contribution in [0.2, 0.25) is 6.04 Å². The topological polar surface area (TPSA) is 27.7 Å². The molecule has 22 heavy (non-hydrogen) atoms. The zero-order valence-electron chi connectivity index (χ0n) is 14.3. The molecule has 0 aliphatic carbocycles. The molecule has 0 saturated heterocycles. The van der Waals surface area contributed by atoms with Crippen LogP contribution in [0.4, 0.5) is 0 Å². The minimum Gasteiger partial charge on any atom is -0.391 e. The fraction of sp³-hybridized carbons (Fsp3) is 0.556. The highest BCUT2D eigenvalue weighted by Crippen LogP contribution is 2.18. The highest BCUT2D eigenvalue weighted by atomic mass is 28.4. The fourth-order valence-corrected chi connectivity index (χ4v) is 5.81. The summed E-state index contributed by atoms with van der Waals surface area (Å²) in [6.45, 7) is 12.7. The second-order valence-corrected chi connectivity index (χ2v) is 8.61. The first-order valence-electron chi connectivity index (χ1n) is 8.20. The highest BCUT2D eigenvalue weighted by Gasteiger charge is 2.38. The van der Waals surface area contributed by atoms with Crippen LogP contribution in [-0.4, -0.2) is 35.0 Å². The Hall–Kier alpha value is -0.943. The van der Waals surface area contributed by atoms with E-state index in [-0.39, 0.29) is 0 Å². The van der Waals surface area contributed by atoms with Crippen molar-refractivity contribution in [1.82, 2.24) is 0 Å². The van der Waals surface area contributed by atoms with Gasteiger partial charge in [0.15, 0.2) is 0 Å². The molecule has 124 valence electrons. The van der Waals surface area contributed by atoms with Crippen molar-refractivity contribution < 1.29 is 13.6 Å². The largest absolute Gasteiger partial charge is 0.391 e. The summed E-state index contributed by atoms with van der Waals surface area (Å²) in [6.07, 6.45) is 2.08. The van der Waals surface area contributed by atoms with E-state index in [1.807, 2.05) is 26.8 Å². The van der Waals surface area contributed by atoms with Crippen LogP contribution in [0.3, 0.4) is 0 Å². The summed E-state index contributed by atoms with van der Waals surface area (Å²) >= 11 is 0. The van der Waals surface area contributed by atoms with Gasteiger partial charge in [-0.05, 0) is 44.8 Å². The number of unbranched alkanes of at least 4 members (excludes halogenated alkanes) is 1. The lowest BCUT2D eigenvalue weighted by Crippen LogP contribution is -2.53. The van der Waals surface area contributed by atoms with E-state index in [1.165, 1.54) is 5.19 Å². The lowest BCUT2D eigenvalue weighted by molar-refractivity contribution is 0.150. The Bertz CT molecular complexity index is 414. The minimum atomic E-state index is -2.33. The minimum absolute atomic E-state index is 0.651. The van der Waals surface area contributed by atoms with Gasteiger partial charge in [-0.15, -0.1) is 0 Å². The maximum absolute atomic E-state index is 6.16. The second-order valence-electron chi connectivity index (χ2n) is 5.45. The molecule has 0 unspecified atom stereocenters.